The van der Waals surface area contributed by atoms with E-state index < -0.39 is 0 Å². The zero-order valence-electron chi connectivity index (χ0n) is 5.37. The molecular formula is C5H8BrN3O. The molecule has 1 N–H and O–H groups in total. The number of aryl methyl sites for hydroxylation is 1. The SMILES string of the molecule is OCCCn1cnc(Br)n1. The third kappa shape index (κ3) is 2.07. The summed E-state index contributed by atoms with van der Waals surface area (Å²) < 4.78 is 2.27. The van der Waals surface area contributed by atoms with Crippen LogP contribution in [-0.4, -0.2) is 26.5 Å². The lowest BCUT2D eigenvalue weighted by Crippen LogP contribution is -2.00. The first kappa shape index (κ1) is 7.68. The molecule has 0 aliphatic rings. The van der Waals surface area contributed by atoms with E-state index in [0.29, 0.717) is 4.73 Å². The Morgan fingerprint density at radius 3 is 3.00 bits per heavy atom. The van der Waals surface area contributed by atoms with E-state index in [1.165, 1.54) is 0 Å². The number of hydrogen-bond acceptors (Lipinski definition) is 3. The fraction of sp³-hybridized carbons (Fsp3) is 0.600. The summed E-state index contributed by atoms with van der Waals surface area (Å²) in [6.07, 6.45) is 2.34. The molecule has 0 fully saturated rings. The van der Waals surface area contributed by atoms with Crippen molar-refractivity contribution in [2.75, 3.05) is 6.61 Å². The van der Waals surface area contributed by atoms with Gasteiger partial charge in [0.1, 0.15) is 6.33 Å². The van der Waals surface area contributed by atoms with Gasteiger partial charge in [-0.15, -0.1) is 5.10 Å². The van der Waals surface area contributed by atoms with Gasteiger partial charge in [-0.1, -0.05) is 0 Å². The predicted octanol–water partition coefficient (Wildman–Crippen LogP) is 0.423. The molecule has 0 aromatic carbocycles. The second-order valence-electron chi connectivity index (χ2n) is 1.85. The van der Waals surface area contributed by atoms with Crippen LogP contribution in [0.5, 0.6) is 0 Å². The smallest absolute Gasteiger partial charge is 0.217 e. The fourth-order valence-corrected chi connectivity index (χ4v) is 0.908. The van der Waals surface area contributed by atoms with Gasteiger partial charge in [0.25, 0.3) is 0 Å². The van der Waals surface area contributed by atoms with Crippen LogP contribution in [0.2, 0.25) is 0 Å². The summed E-state index contributed by atoms with van der Waals surface area (Å²) in [4.78, 5) is 3.86. The molecule has 10 heavy (non-hydrogen) atoms. The molecule has 0 saturated carbocycles. The maximum absolute atomic E-state index is 8.46. The standard InChI is InChI=1S/C5H8BrN3O/c6-5-7-4-9(8-5)2-1-3-10/h4,10H,1-3H2. The molecule has 0 spiro atoms. The Labute approximate surface area is 67.0 Å². The van der Waals surface area contributed by atoms with Crippen LogP contribution in [0.4, 0.5) is 0 Å². The topological polar surface area (TPSA) is 50.9 Å². The highest BCUT2D eigenvalue weighted by molar-refractivity contribution is 9.10. The Bertz CT molecular complexity index is 201. The lowest BCUT2D eigenvalue weighted by Gasteiger charge is -1.94. The number of halogens is 1. The molecule has 0 saturated heterocycles. The second-order valence-corrected chi connectivity index (χ2v) is 2.56. The maximum Gasteiger partial charge on any atom is 0.217 e. The van der Waals surface area contributed by atoms with Crippen LogP contribution in [0, 0.1) is 0 Å². The highest BCUT2D eigenvalue weighted by atomic mass is 79.9. The predicted molar refractivity (Wildman–Crippen MR) is 39.4 cm³/mol. The van der Waals surface area contributed by atoms with Crippen molar-refractivity contribution in [3.63, 3.8) is 0 Å². The van der Waals surface area contributed by atoms with Gasteiger partial charge in [-0.3, -0.25) is 4.68 Å². The lowest BCUT2D eigenvalue weighted by molar-refractivity contribution is 0.277. The number of hydrogen-bond donors (Lipinski definition) is 1. The Kier molecular flexibility index (Phi) is 2.82. The Balaban J connectivity index is 2.42. The lowest BCUT2D eigenvalue weighted by atomic mass is 10.5. The van der Waals surface area contributed by atoms with E-state index in [1.54, 1.807) is 11.0 Å². The normalized spacial score (nSPS) is 10.2. The number of nitrogens with zero attached hydrogens (tertiary/aromatic N) is 3. The van der Waals surface area contributed by atoms with Crippen molar-refractivity contribution in [3.8, 4) is 0 Å². The van der Waals surface area contributed by atoms with E-state index in [0.717, 1.165) is 13.0 Å². The fourth-order valence-electron chi connectivity index (χ4n) is 0.612. The molecule has 1 heterocycles. The van der Waals surface area contributed by atoms with Gasteiger partial charge in [0.2, 0.25) is 4.73 Å². The van der Waals surface area contributed by atoms with Crippen LogP contribution < -0.4 is 0 Å². The van der Waals surface area contributed by atoms with Crippen LogP contribution in [0.15, 0.2) is 11.1 Å². The van der Waals surface area contributed by atoms with Gasteiger partial charge in [0.15, 0.2) is 0 Å². The van der Waals surface area contributed by atoms with Crippen molar-refractivity contribution >= 4 is 15.9 Å². The Hall–Kier alpha value is -0.420. The molecule has 0 radical (unpaired) electrons. The largest absolute Gasteiger partial charge is 0.396 e. The average Bonchev–Trinajstić information content (AvgIpc) is 2.31. The summed E-state index contributed by atoms with van der Waals surface area (Å²) in [6, 6.07) is 0. The van der Waals surface area contributed by atoms with Gasteiger partial charge in [0.05, 0.1) is 0 Å². The highest BCUT2D eigenvalue weighted by Gasteiger charge is 1.93. The van der Waals surface area contributed by atoms with Crippen molar-refractivity contribution in [1.29, 1.82) is 0 Å². The van der Waals surface area contributed by atoms with Gasteiger partial charge < -0.3 is 5.11 Å². The zero-order chi connectivity index (χ0) is 7.40. The quantitative estimate of drug-likeness (QED) is 0.779. The van der Waals surface area contributed by atoms with Crippen LogP contribution in [0.3, 0.4) is 0 Å². The highest BCUT2D eigenvalue weighted by Crippen LogP contribution is 1.98. The van der Waals surface area contributed by atoms with Gasteiger partial charge in [-0.25, -0.2) is 4.98 Å². The first-order valence-corrected chi connectivity index (χ1v) is 3.78. The number of aliphatic hydroxyl groups is 1. The van der Waals surface area contributed by atoms with Crippen LogP contribution in [-0.2, 0) is 6.54 Å². The van der Waals surface area contributed by atoms with Crippen LogP contribution in [0.25, 0.3) is 0 Å². The van der Waals surface area contributed by atoms with E-state index in [2.05, 4.69) is 26.0 Å². The molecule has 1 aromatic rings. The molecule has 0 aliphatic carbocycles. The molecular weight excluding hydrogens is 198 g/mol. The van der Waals surface area contributed by atoms with Gasteiger partial charge >= 0.3 is 0 Å². The van der Waals surface area contributed by atoms with Crippen molar-refractivity contribution in [2.45, 2.75) is 13.0 Å². The monoisotopic (exact) mass is 205 g/mol. The maximum atomic E-state index is 8.46. The van der Waals surface area contributed by atoms with Crippen LogP contribution in [0.1, 0.15) is 6.42 Å². The molecule has 4 nitrogen and oxygen atoms in total. The van der Waals surface area contributed by atoms with E-state index in [4.69, 9.17) is 5.11 Å². The first-order valence-electron chi connectivity index (χ1n) is 2.99. The minimum Gasteiger partial charge on any atom is -0.396 e. The average molecular weight is 206 g/mol. The minimum atomic E-state index is 0.192. The number of rotatable bonds is 3. The molecule has 0 aliphatic heterocycles. The van der Waals surface area contributed by atoms with Gasteiger partial charge in [0, 0.05) is 13.2 Å². The summed E-state index contributed by atoms with van der Waals surface area (Å²) in [5.74, 6) is 0. The van der Waals surface area contributed by atoms with E-state index >= 15 is 0 Å². The summed E-state index contributed by atoms with van der Waals surface area (Å²) >= 11 is 3.12. The molecule has 1 aromatic heterocycles. The molecule has 0 unspecified atom stereocenters. The third-order valence-electron chi connectivity index (χ3n) is 1.05. The molecule has 0 atom stereocenters. The third-order valence-corrected chi connectivity index (χ3v) is 1.42. The Morgan fingerprint density at radius 1 is 1.70 bits per heavy atom. The van der Waals surface area contributed by atoms with Crippen molar-refractivity contribution in [1.82, 2.24) is 14.8 Å². The Morgan fingerprint density at radius 2 is 2.50 bits per heavy atom. The van der Waals surface area contributed by atoms with Crippen LogP contribution >= 0.6 is 15.9 Å². The van der Waals surface area contributed by atoms with E-state index in [9.17, 15) is 0 Å². The molecule has 56 valence electrons. The van der Waals surface area contributed by atoms with Gasteiger partial charge in [-0.05, 0) is 22.4 Å². The zero-order valence-corrected chi connectivity index (χ0v) is 6.95. The van der Waals surface area contributed by atoms with Gasteiger partial charge in [-0.2, -0.15) is 0 Å². The number of aliphatic hydroxyl groups excluding tert-OH is 1. The second kappa shape index (κ2) is 3.68. The summed E-state index contributed by atoms with van der Waals surface area (Å²) in [5.41, 5.74) is 0. The van der Waals surface area contributed by atoms with E-state index in [-0.39, 0.29) is 6.61 Å². The molecule has 0 amide bonds. The van der Waals surface area contributed by atoms with E-state index in [1.807, 2.05) is 0 Å². The summed E-state index contributed by atoms with van der Waals surface area (Å²) in [7, 11) is 0. The molecule has 5 heteroatoms. The van der Waals surface area contributed by atoms with Crippen molar-refractivity contribution in [3.05, 3.63) is 11.1 Å². The summed E-state index contributed by atoms with van der Waals surface area (Å²) in [5, 5.41) is 12.4. The van der Waals surface area contributed by atoms with Crippen molar-refractivity contribution in [2.24, 2.45) is 0 Å². The minimum absolute atomic E-state index is 0.192. The molecule has 0 bridgehead atoms. The summed E-state index contributed by atoms with van der Waals surface area (Å²) in [6.45, 7) is 0.909. The van der Waals surface area contributed by atoms with Crippen molar-refractivity contribution < 1.29 is 5.11 Å². The number of aromatic nitrogens is 3. The first-order chi connectivity index (χ1) is 4.83. The molecule has 1 rings (SSSR count).